The van der Waals surface area contributed by atoms with Crippen LogP contribution in [0.5, 0.6) is 0 Å². The Morgan fingerprint density at radius 2 is 1.77 bits per heavy atom. The van der Waals surface area contributed by atoms with Crippen LogP contribution in [-0.4, -0.2) is 21.6 Å². The smallest absolute Gasteiger partial charge is 0.259 e. The van der Waals surface area contributed by atoms with Gasteiger partial charge in [-0.05, 0) is 79.0 Å². The molecule has 0 saturated carbocycles. The molecule has 30 heavy (non-hydrogen) atoms. The zero-order chi connectivity index (χ0) is 21.8. The molecule has 0 aliphatic rings. The second kappa shape index (κ2) is 9.26. The van der Waals surface area contributed by atoms with Crippen molar-refractivity contribution in [1.82, 2.24) is 15.1 Å². The maximum absolute atomic E-state index is 12.9. The first-order valence-electron chi connectivity index (χ1n) is 9.69. The number of rotatable bonds is 4. The summed E-state index contributed by atoms with van der Waals surface area (Å²) >= 11 is 3.44. The van der Waals surface area contributed by atoms with E-state index in [1.165, 1.54) is 0 Å². The Hall–Kier alpha value is -2.93. The fourth-order valence-electron chi connectivity index (χ4n) is 3.32. The Kier molecular flexibility index (Phi) is 6.72. The molecule has 1 heterocycles. The number of amides is 1. The fourth-order valence-corrected chi connectivity index (χ4v) is 3.78. The Balaban J connectivity index is 1.91. The second-order valence-electron chi connectivity index (χ2n) is 7.37. The molecular formula is C23H26BrN5O. The van der Waals surface area contributed by atoms with Gasteiger partial charge < -0.3 is 5.32 Å². The van der Waals surface area contributed by atoms with Crippen molar-refractivity contribution in [2.24, 2.45) is 12.0 Å². The number of aromatic nitrogens is 2. The zero-order valence-corrected chi connectivity index (χ0v) is 19.5. The number of nitrogens with zero attached hydrogens (tertiary/aromatic N) is 3. The predicted octanol–water partition coefficient (Wildman–Crippen LogP) is 4.81. The molecule has 2 aromatic carbocycles. The highest BCUT2D eigenvalue weighted by atomic mass is 79.9. The van der Waals surface area contributed by atoms with E-state index in [1.54, 1.807) is 6.07 Å². The summed E-state index contributed by atoms with van der Waals surface area (Å²) in [6.07, 6.45) is 0. The number of hydrogen-bond acceptors (Lipinski definition) is 3. The summed E-state index contributed by atoms with van der Waals surface area (Å²) in [5, 5.41) is 10.6. The summed E-state index contributed by atoms with van der Waals surface area (Å²) in [4.78, 5) is 17.6. The van der Waals surface area contributed by atoms with Crippen LogP contribution in [0.4, 0.5) is 5.69 Å². The molecule has 3 rings (SSSR count). The highest BCUT2D eigenvalue weighted by Gasteiger charge is 2.14. The van der Waals surface area contributed by atoms with Crippen molar-refractivity contribution in [2.75, 3.05) is 5.32 Å². The summed E-state index contributed by atoms with van der Waals surface area (Å²) in [6, 6.07) is 13.5. The number of nitrogens with one attached hydrogen (secondary N) is 2. The van der Waals surface area contributed by atoms with E-state index in [0.717, 1.165) is 38.2 Å². The molecule has 0 radical (unpaired) electrons. The van der Waals surface area contributed by atoms with E-state index in [2.05, 4.69) is 42.7 Å². The largest absolute Gasteiger partial charge is 0.326 e. The molecule has 2 N–H and O–H groups in total. The first-order chi connectivity index (χ1) is 14.2. The molecule has 0 atom stereocenters. The number of halogens is 1. The Bertz CT molecular complexity index is 1100. The highest BCUT2D eigenvalue weighted by molar-refractivity contribution is 9.10. The first-order valence-corrected chi connectivity index (χ1v) is 10.5. The van der Waals surface area contributed by atoms with Gasteiger partial charge in [0.05, 0.1) is 17.8 Å². The van der Waals surface area contributed by atoms with Gasteiger partial charge in [-0.1, -0.05) is 18.2 Å². The predicted molar refractivity (Wildman–Crippen MR) is 125 cm³/mol. The summed E-state index contributed by atoms with van der Waals surface area (Å²) in [7, 11) is 1.92. The van der Waals surface area contributed by atoms with E-state index in [1.807, 2.05) is 69.8 Å². The zero-order valence-electron chi connectivity index (χ0n) is 17.9. The summed E-state index contributed by atoms with van der Waals surface area (Å²) in [6.45, 7) is 8.47. The third-order valence-electron chi connectivity index (χ3n) is 4.89. The van der Waals surface area contributed by atoms with Crippen molar-refractivity contribution >= 4 is 33.5 Å². The number of carbonyl (C=O) groups excluding carboxylic acids is 1. The van der Waals surface area contributed by atoms with Gasteiger partial charge in [-0.2, -0.15) is 5.10 Å². The summed E-state index contributed by atoms with van der Waals surface area (Å²) in [5.74, 6) is 0.154. The van der Waals surface area contributed by atoms with Gasteiger partial charge in [-0.25, -0.2) is 4.99 Å². The average Bonchev–Trinajstić information content (AvgIpc) is 2.91. The minimum absolute atomic E-state index is 0.238. The second-order valence-corrected chi connectivity index (χ2v) is 8.23. The van der Waals surface area contributed by atoms with Crippen molar-refractivity contribution in [3.8, 4) is 0 Å². The normalized spacial score (nSPS) is 11.5. The van der Waals surface area contributed by atoms with Crippen LogP contribution in [0.25, 0.3) is 0 Å². The highest BCUT2D eigenvalue weighted by Crippen LogP contribution is 2.17. The standard InChI is InChI=1S/C23H26BrN5O/c1-14-10-15(2)12-18(11-14)26-23(25-13-20-16(3)28-29(5)17(20)4)27-22(30)19-8-6-7-9-21(19)24/h6-12H,13H2,1-5H3,(H2,25,26,27,30). The minimum Gasteiger partial charge on any atom is -0.326 e. The van der Waals surface area contributed by atoms with Gasteiger partial charge in [0.15, 0.2) is 0 Å². The van der Waals surface area contributed by atoms with Gasteiger partial charge in [0.1, 0.15) is 0 Å². The monoisotopic (exact) mass is 467 g/mol. The van der Waals surface area contributed by atoms with Crippen molar-refractivity contribution in [1.29, 1.82) is 0 Å². The number of aryl methyl sites for hydroxylation is 4. The summed E-state index contributed by atoms with van der Waals surface area (Å²) < 4.78 is 2.57. The van der Waals surface area contributed by atoms with Gasteiger partial charge in [0.25, 0.3) is 5.91 Å². The van der Waals surface area contributed by atoms with Crippen molar-refractivity contribution in [2.45, 2.75) is 34.2 Å². The number of guanidine groups is 1. The molecule has 7 heteroatoms. The molecule has 0 spiro atoms. The van der Waals surface area contributed by atoms with Crippen LogP contribution < -0.4 is 10.6 Å². The summed E-state index contributed by atoms with van der Waals surface area (Å²) in [5.41, 5.74) is 6.72. The van der Waals surface area contributed by atoms with Crippen LogP contribution in [0.15, 0.2) is 51.9 Å². The number of aliphatic imine (C=N–C) groups is 1. The topological polar surface area (TPSA) is 71.3 Å². The van der Waals surface area contributed by atoms with Crippen LogP contribution in [0.2, 0.25) is 0 Å². The van der Waals surface area contributed by atoms with Crippen LogP contribution in [0, 0.1) is 27.7 Å². The number of anilines is 1. The maximum atomic E-state index is 12.9. The van der Waals surface area contributed by atoms with E-state index < -0.39 is 0 Å². The molecule has 6 nitrogen and oxygen atoms in total. The SMILES string of the molecule is Cc1cc(C)cc(NC(=NCc2c(C)nn(C)c2C)NC(=O)c2ccccc2Br)c1. The lowest BCUT2D eigenvalue weighted by molar-refractivity contribution is 0.0976. The van der Waals surface area contributed by atoms with E-state index in [-0.39, 0.29) is 5.91 Å². The molecule has 3 aromatic rings. The van der Waals surface area contributed by atoms with Crippen molar-refractivity contribution in [3.63, 3.8) is 0 Å². The van der Waals surface area contributed by atoms with Crippen molar-refractivity contribution < 1.29 is 4.79 Å². The molecule has 0 saturated heterocycles. The van der Waals surface area contributed by atoms with Crippen LogP contribution >= 0.6 is 15.9 Å². The molecule has 0 bridgehead atoms. The molecule has 0 aliphatic heterocycles. The Morgan fingerprint density at radius 1 is 1.10 bits per heavy atom. The van der Waals surface area contributed by atoms with Crippen LogP contribution in [-0.2, 0) is 13.6 Å². The van der Waals surface area contributed by atoms with Gasteiger partial charge >= 0.3 is 0 Å². The third kappa shape index (κ3) is 5.16. The minimum atomic E-state index is -0.238. The van der Waals surface area contributed by atoms with Gasteiger partial charge in [-0.15, -0.1) is 0 Å². The molecular weight excluding hydrogens is 442 g/mol. The van der Waals surface area contributed by atoms with E-state index >= 15 is 0 Å². The lowest BCUT2D eigenvalue weighted by Crippen LogP contribution is -2.36. The van der Waals surface area contributed by atoms with E-state index in [9.17, 15) is 4.79 Å². The number of benzene rings is 2. The Labute approximate surface area is 185 Å². The van der Waals surface area contributed by atoms with Gasteiger partial charge in [0.2, 0.25) is 5.96 Å². The molecule has 0 fully saturated rings. The molecule has 1 aromatic heterocycles. The maximum Gasteiger partial charge on any atom is 0.259 e. The van der Waals surface area contributed by atoms with Crippen molar-refractivity contribution in [3.05, 3.63) is 80.6 Å². The van der Waals surface area contributed by atoms with Crippen LogP contribution in [0.1, 0.15) is 38.4 Å². The quantitative estimate of drug-likeness (QED) is 0.426. The first kappa shape index (κ1) is 21.8. The molecule has 156 valence electrons. The molecule has 0 unspecified atom stereocenters. The average molecular weight is 468 g/mol. The number of carbonyl (C=O) groups is 1. The van der Waals surface area contributed by atoms with E-state index in [0.29, 0.717) is 18.1 Å². The third-order valence-corrected chi connectivity index (χ3v) is 5.58. The van der Waals surface area contributed by atoms with E-state index in [4.69, 9.17) is 0 Å². The lowest BCUT2D eigenvalue weighted by Gasteiger charge is -2.14. The van der Waals surface area contributed by atoms with Gasteiger partial charge in [-0.3, -0.25) is 14.8 Å². The molecule has 0 aliphatic carbocycles. The Morgan fingerprint density at radius 3 is 2.37 bits per heavy atom. The van der Waals surface area contributed by atoms with Gasteiger partial charge in [0, 0.05) is 28.5 Å². The van der Waals surface area contributed by atoms with Crippen LogP contribution in [0.3, 0.4) is 0 Å². The fraction of sp³-hybridized carbons (Fsp3) is 0.261. The molecule has 1 amide bonds. The lowest BCUT2D eigenvalue weighted by atomic mass is 10.1. The number of hydrogen-bond donors (Lipinski definition) is 2.